The maximum Gasteiger partial charge on any atom is 0.246 e. The predicted molar refractivity (Wildman–Crippen MR) is 166 cm³/mol. The van der Waals surface area contributed by atoms with Crippen LogP contribution in [0.3, 0.4) is 0 Å². The highest BCUT2D eigenvalue weighted by Gasteiger charge is 2.62. The zero-order valence-corrected chi connectivity index (χ0v) is 26.2. The lowest BCUT2D eigenvalue weighted by atomic mass is 9.53. The molecule has 6 aliphatic carbocycles. The lowest BCUT2D eigenvalue weighted by molar-refractivity contribution is -0.155. The van der Waals surface area contributed by atoms with Gasteiger partial charge in [0.15, 0.2) is 0 Å². The number of amides is 2. The molecule has 6 nitrogen and oxygen atoms in total. The molecule has 226 valence electrons. The van der Waals surface area contributed by atoms with Gasteiger partial charge in [0.25, 0.3) is 0 Å². The Kier molecular flexibility index (Phi) is 6.05. The Balaban J connectivity index is 1.08. The Labute approximate surface area is 251 Å². The molecule has 7 aliphatic rings. The third-order valence-electron chi connectivity index (χ3n) is 13.0. The van der Waals surface area contributed by atoms with Crippen LogP contribution in [0, 0.1) is 36.0 Å². The van der Waals surface area contributed by atoms with Crippen molar-refractivity contribution in [3.05, 3.63) is 35.5 Å². The molecular formula is C36H50N4O2. The van der Waals surface area contributed by atoms with Crippen LogP contribution in [0.2, 0.25) is 0 Å². The van der Waals surface area contributed by atoms with Crippen LogP contribution in [-0.2, 0) is 9.59 Å². The van der Waals surface area contributed by atoms with Gasteiger partial charge in [-0.2, -0.15) is 0 Å². The molecule has 42 heavy (non-hydrogen) atoms. The zero-order valence-electron chi connectivity index (χ0n) is 26.2. The highest BCUT2D eigenvalue weighted by atomic mass is 16.2. The van der Waals surface area contributed by atoms with Crippen molar-refractivity contribution < 1.29 is 9.59 Å². The number of fused-ring (bicyclic) bond motifs is 1. The molecule has 1 saturated heterocycles. The quantitative estimate of drug-likeness (QED) is 0.420. The van der Waals surface area contributed by atoms with Crippen LogP contribution in [-0.4, -0.2) is 63.9 Å². The van der Waals surface area contributed by atoms with Crippen LogP contribution in [0.4, 0.5) is 0 Å². The van der Waals surface area contributed by atoms with Crippen molar-refractivity contribution in [3.63, 3.8) is 0 Å². The molecule has 0 radical (unpaired) electrons. The molecule has 2 aromatic rings. The molecule has 1 aromatic heterocycles. The molecule has 1 aromatic carbocycles. The average molecular weight is 571 g/mol. The molecule has 7 fully saturated rings. The summed E-state index contributed by atoms with van der Waals surface area (Å²) in [5.41, 5.74) is 3.12. The summed E-state index contributed by atoms with van der Waals surface area (Å²) in [4.78, 5) is 37.4. The molecule has 2 amide bonds. The number of aromatic amines is 1. The third-order valence-corrected chi connectivity index (χ3v) is 13.0. The van der Waals surface area contributed by atoms with Gasteiger partial charge in [-0.1, -0.05) is 32.0 Å². The van der Waals surface area contributed by atoms with E-state index in [1.165, 1.54) is 41.4 Å². The SMILES string of the molecule is Cc1[nH]c2ccccc2c1[C@H]1[C@@H](CC(=O)N(C2CC2)C2(C(=O)NC34CC5CC(CC(C5)C3)C4)CCN(C)CC2)C1(C)C. The number of para-hydroxylation sites is 1. The summed E-state index contributed by atoms with van der Waals surface area (Å²) in [6.07, 6.45) is 11.7. The summed E-state index contributed by atoms with van der Waals surface area (Å²) in [7, 11) is 2.16. The number of carbonyl (C=O) groups is 2. The van der Waals surface area contributed by atoms with Crippen molar-refractivity contribution in [3.8, 4) is 0 Å². The van der Waals surface area contributed by atoms with Crippen molar-refractivity contribution in [2.75, 3.05) is 20.1 Å². The number of likely N-dealkylation sites (tertiary alicyclic amines) is 1. The summed E-state index contributed by atoms with van der Waals surface area (Å²) in [5, 5.41) is 5.05. The van der Waals surface area contributed by atoms with Crippen LogP contribution in [0.1, 0.15) is 102 Å². The molecule has 0 spiro atoms. The monoisotopic (exact) mass is 570 g/mol. The second-order valence-corrected chi connectivity index (χ2v) is 16.3. The van der Waals surface area contributed by atoms with E-state index < -0.39 is 5.54 Å². The number of piperidine rings is 1. The minimum Gasteiger partial charge on any atom is -0.358 e. The molecule has 9 rings (SSSR count). The molecular weight excluding hydrogens is 520 g/mol. The van der Waals surface area contributed by atoms with Gasteiger partial charge in [-0.05, 0) is 125 Å². The smallest absolute Gasteiger partial charge is 0.246 e. The standard InChI is InChI=1S/C36H50N4O2/c1-22-31(27-7-5-6-8-29(27)37-22)32-28(34(32,2)3)18-30(41)40(26-9-10-26)36(11-13-39(4)14-12-36)33(42)38-35-19-23-15-24(20-35)17-25(16-23)21-35/h5-8,23-26,28,32,37H,9-21H2,1-4H3,(H,38,42)/t23?,24?,25?,28-,32-,35?/m1/s1. The van der Waals surface area contributed by atoms with Gasteiger partial charge >= 0.3 is 0 Å². The van der Waals surface area contributed by atoms with Crippen molar-refractivity contribution >= 4 is 22.7 Å². The van der Waals surface area contributed by atoms with E-state index >= 15 is 0 Å². The normalized spacial score (nSPS) is 36.2. The first kappa shape index (κ1) is 27.2. The number of carbonyl (C=O) groups excluding carboxylic acids is 2. The molecule has 6 heteroatoms. The van der Waals surface area contributed by atoms with Crippen LogP contribution in [0.15, 0.2) is 24.3 Å². The highest BCUT2D eigenvalue weighted by Crippen LogP contribution is 2.67. The van der Waals surface area contributed by atoms with Crippen molar-refractivity contribution in [2.24, 2.45) is 29.1 Å². The fourth-order valence-electron chi connectivity index (χ4n) is 11.0. The van der Waals surface area contributed by atoms with Gasteiger partial charge in [0.2, 0.25) is 11.8 Å². The number of rotatable bonds is 7. The average Bonchev–Trinajstić information content (AvgIpc) is 3.81. The first-order chi connectivity index (χ1) is 20.1. The van der Waals surface area contributed by atoms with E-state index in [0.29, 0.717) is 18.3 Å². The molecule has 2 atom stereocenters. The predicted octanol–water partition coefficient (Wildman–Crippen LogP) is 6.15. The van der Waals surface area contributed by atoms with Gasteiger partial charge in [-0.15, -0.1) is 0 Å². The number of nitrogens with one attached hydrogen (secondary N) is 2. The molecule has 0 unspecified atom stereocenters. The van der Waals surface area contributed by atoms with E-state index in [1.807, 2.05) is 0 Å². The third kappa shape index (κ3) is 4.21. The van der Waals surface area contributed by atoms with E-state index in [0.717, 1.165) is 75.8 Å². The van der Waals surface area contributed by atoms with Gasteiger partial charge in [-0.3, -0.25) is 9.59 Å². The number of hydrogen-bond donors (Lipinski definition) is 2. The van der Waals surface area contributed by atoms with Crippen molar-refractivity contribution in [2.45, 2.75) is 114 Å². The Hall–Kier alpha value is -2.34. The Bertz CT molecular complexity index is 1380. The van der Waals surface area contributed by atoms with Crippen molar-refractivity contribution in [1.29, 1.82) is 0 Å². The van der Waals surface area contributed by atoms with Crippen LogP contribution < -0.4 is 5.32 Å². The number of aryl methyl sites for hydroxylation is 1. The highest BCUT2D eigenvalue weighted by molar-refractivity contribution is 5.93. The minimum atomic E-state index is -0.709. The number of aromatic nitrogens is 1. The first-order valence-electron chi connectivity index (χ1n) is 17.0. The first-order valence-corrected chi connectivity index (χ1v) is 17.0. The van der Waals surface area contributed by atoms with E-state index in [-0.39, 0.29) is 28.8 Å². The largest absolute Gasteiger partial charge is 0.358 e. The summed E-state index contributed by atoms with van der Waals surface area (Å²) in [6, 6.07) is 8.81. The van der Waals surface area contributed by atoms with E-state index in [4.69, 9.17) is 0 Å². The van der Waals surface area contributed by atoms with Gasteiger partial charge in [0.1, 0.15) is 5.54 Å². The summed E-state index contributed by atoms with van der Waals surface area (Å²) >= 11 is 0. The van der Waals surface area contributed by atoms with E-state index in [9.17, 15) is 9.59 Å². The number of hydrogen-bond acceptors (Lipinski definition) is 3. The van der Waals surface area contributed by atoms with Crippen LogP contribution in [0.25, 0.3) is 10.9 Å². The Morgan fingerprint density at radius 2 is 1.62 bits per heavy atom. The lowest BCUT2D eigenvalue weighted by Gasteiger charge is -2.58. The lowest BCUT2D eigenvalue weighted by Crippen LogP contribution is -2.69. The summed E-state index contributed by atoms with van der Waals surface area (Å²) in [6.45, 7) is 8.60. The number of H-pyrrole nitrogens is 1. The van der Waals surface area contributed by atoms with Crippen molar-refractivity contribution in [1.82, 2.24) is 20.1 Å². The van der Waals surface area contributed by atoms with Gasteiger partial charge < -0.3 is 20.1 Å². The Morgan fingerprint density at radius 3 is 2.24 bits per heavy atom. The van der Waals surface area contributed by atoms with Gasteiger partial charge in [0, 0.05) is 47.7 Å². The summed E-state index contributed by atoms with van der Waals surface area (Å²) < 4.78 is 0. The van der Waals surface area contributed by atoms with Gasteiger partial charge in [0.05, 0.1) is 0 Å². The fraction of sp³-hybridized carbons (Fsp3) is 0.722. The van der Waals surface area contributed by atoms with E-state index in [2.05, 4.69) is 72.2 Å². The second kappa shape index (κ2) is 9.33. The molecule has 6 saturated carbocycles. The zero-order chi connectivity index (χ0) is 29.0. The second-order valence-electron chi connectivity index (χ2n) is 16.3. The van der Waals surface area contributed by atoms with Crippen LogP contribution in [0.5, 0.6) is 0 Å². The minimum absolute atomic E-state index is 0.0309. The Morgan fingerprint density at radius 1 is 1.00 bits per heavy atom. The van der Waals surface area contributed by atoms with E-state index in [1.54, 1.807) is 0 Å². The maximum absolute atomic E-state index is 14.7. The molecule has 4 bridgehead atoms. The maximum atomic E-state index is 14.7. The molecule has 2 heterocycles. The van der Waals surface area contributed by atoms with Crippen LogP contribution >= 0.6 is 0 Å². The topological polar surface area (TPSA) is 68.4 Å². The number of benzene rings is 1. The number of nitrogens with zero attached hydrogens (tertiary/aromatic N) is 2. The summed E-state index contributed by atoms with van der Waals surface area (Å²) in [5.74, 6) is 3.40. The fourth-order valence-corrected chi connectivity index (χ4v) is 11.0. The molecule has 1 aliphatic heterocycles. The van der Waals surface area contributed by atoms with Gasteiger partial charge in [-0.25, -0.2) is 0 Å². The molecule has 2 N–H and O–H groups in total.